The van der Waals surface area contributed by atoms with Crippen LogP contribution in [0.25, 0.3) is 6.08 Å². The molecule has 0 saturated heterocycles. The standard InChI is InChI=1S/C10H12O2/c1-3-4-8-5-9(11)7-10(6-8)12-2/h3-7,11H,1-2H3. The van der Waals surface area contributed by atoms with E-state index in [-0.39, 0.29) is 5.75 Å². The molecule has 1 aromatic carbocycles. The van der Waals surface area contributed by atoms with Crippen molar-refractivity contribution in [1.82, 2.24) is 0 Å². The zero-order valence-electron chi connectivity index (χ0n) is 7.24. The van der Waals surface area contributed by atoms with Gasteiger partial charge in [0.15, 0.2) is 0 Å². The quantitative estimate of drug-likeness (QED) is 0.727. The number of phenolic OH excluding ortho intramolecular Hbond substituents is 1. The smallest absolute Gasteiger partial charge is 0.123 e. The van der Waals surface area contributed by atoms with Gasteiger partial charge in [-0.1, -0.05) is 12.2 Å². The summed E-state index contributed by atoms with van der Waals surface area (Å²) in [6.45, 7) is 1.93. The largest absolute Gasteiger partial charge is 0.508 e. The van der Waals surface area contributed by atoms with Crippen molar-refractivity contribution in [3.63, 3.8) is 0 Å². The number of aromatic hydroxyl groups is 1. The predicted octanol–water partition coefficient (Wildman–Crippen LogP) is 2.43. The monoisotopic (exact) mass is 164 g/mol. The van der Waals surface area contributed by atoms with Gasteiger partial charge >= 0.3 is 0 Å². The summed E-state index contributed by atoms with van der Waals surface area (Å²) in [5, 5.41) is 9.24. The highest BCUT2D eigenvalue weighted by atomic mass is 16.5. The van der Waals surface area contributed by atoms with E-state index < -0.39 is 0 Å². The molecular formula is C10H12O2. The Morgan fingerprint density at radius 1 is 1.33 bits per heavy atom. The van der Waals surface area contributed by atoms with Crippen LogP contribution in [0.2, 0.25) is 0 Å². The van der Waals surface area contributed by atoms with Crippen LogP contribution in [0, 0.1) is 0 Å². The summed E-state index contributed by atoms with van der Waals surface area (Å²) < 4.78 is 4.99. The fraction of sp³-hybridized carbons (Fsp3) is 0.200. The van der Waals surface area contributed by atoms with E-state index in [1.165, 1.54) is 0 Å². The second-order valence-corrected chi connectivity index (χ2v) is 2.46. The van der Waals surface area contributed by atoms with Gasteiger partial charge < -0.3 is 9.84 Å². The molecule has 1 aromatic rings. The van der Waals surface area contributed by atoms with Crippen molar-refractivity contribution in [2.45, 2.75) is 6.92 Å². The molecule has 0 atom stereocenters. The molecule has 0 aliphatic rings. The topological polar surface area (TPSA) is 29.5 Å². The van der Waals surface area contributed by atoms with E-state index in [1.54, 1.807) is 19.2 Å². The van der Waals surface area contributed by atoms with Crippen LogP contribution < -0.4 is 4.74 Å². The zero-order valence-corrected chi connectivity index (χ0v) is 7.24. The minimum atomic E-state index is 0.224. The molecule has 1 N–H and O–H groups in total. The number of phenols is 1. The maximum Gasteiger partial charge on any atom is 0.123 e. The average Bonchev–Trinajstić information content (AvgIpc) is 2.04. The average molecular weight is 164 g/mol. The number of ether oxygens (including phenoxy) is 1. The van der Waals surface area contributed by atoms with Crippen LogP contribution in [0.5, 0.6) is 11.5 Å². The molecule has 2 nitrogen and oxygen atoms in total. The van der Waals surface area contributed by atoms with Crippen LogP contribution in [-0.4, -0.2) is 12.2 Å². The lowest BCUT2D eigenvalue weighted by Gasteiger charge is -2.01. The van der Waals surface area contributed by atoms with E-state index in [9.17, 15) is 5.11 Å². The summed E-state index contributed by atoms with van der Waals surface area (Å²) in [5.74, 6) is 0.894. The molecule has 0 fully saturated rings. The van der Waals surface area contributed by atoms with Gasteiger partial charge in [0.05, 0.1) is 7.11 Å². The molecule has 1 rings (SSSR count). The SMILES string of the molecule is CC=Cc1cc(O)cc(OC)c1. The van der Waals surface area contributed by atoms with Gasteiger partial charge in [-0.15, -0.1) is 0 Å². The van der Waals surface area contributed by atoms with Crippen LogP contribution in [0.3, 0.4) is 0 Å². The predicted molar refractivity (Wildman–Crippen MR) is 49.4 cm³/mol. The van der Waals surface area contributed by atoms with Gasteiger partial charge in [0.2, 0.25) is 0 Å². The highest BCUT2D eigenvalue weighted by Crippen LogP contribution is 2.21. The lowest BCUT2D eigenvalue weighted by atomic mass is 10.2. The first-order valence-corrected chi connectivity index (χ1v) is 3.77. The molecule has 0 saturated carbocycles. The molecular weight excluding hydrogens is 152 g/mol. The summed E-state index contributed by atoms with van der Waals surface area (Å²) in [5.41, 5.74) is 0.939. The maximum absolute atomic E-state index is 9.24. The van der Waals surface area contributed by atoms with Gasteiger partial charge in [-0.25, -0.2) is 0 Å². The van der Waals surface area contributed by atoms with Crippen molar-refractivity contribution in [2.75, 3.05) is 7.11 Å². The summed E-state index contributed by atoms with van der Waals surface area (Å²) >= 11 is 0. The number of hydrogen-bond acceptors (Lipinski definition) is 2. The Morgan fingerprint density at radius 2 is 2.08 bits per heavy atom. The van der Waals surface area contributed by atoms with Crippen LogP contribution >= 0.6 is 0 Å². The van der Waals surface area contributed by atoms with Crippen LogP contribution in [0.4, 0.5) is 0 Å². The molecule has 0 aliphatic carbocycles. The van der Waals surface area contributed by atoms with Crippen LogP contribution in [-0.2, 0) is 0 Å². The first-order chi connectivity index (χ1) is 5.76. The van der Waals surface area contributed by atoms with E-state index in [2.05, 4.69) is 0 Å². The summed E-state index contributed by atoms with van der Waals surface area (Å²) in [6.07, 6.45) is 3.82. The van der Waals surface area contributed by atoms with Crippen molar-refractivity contribution in [3.05, 3.63) is 29.8 Å². The molecule has 0 amide bonds. The van der Waals surface area contributed by atoms with Gasteiger partial charge in [0, 0.05) is 6.07 Å². The first kappa shape index (κ1) is 8.65. The van der Waals surface area contributed by atoms with Gasteiger partial charge in [0.1, 0.15) is 11.5 Å². The van der Waals surface area contributed by atoms with E-state index in [4.69, 9.17) is 4.74 Å². The third-order valence-corrected chi connectivity index (χ3v) is 1.51. The van der Waals surface area contributed by atoms with Gasteiger partial charge in [-0.05, 0) is 24.6 Å². The minimum Gasteiger partial charge on any atom is -0.508 e. The highest BCUT2D eigenvalue weighted by Gasteiger charge is 1.96. The fourth-order valence-electron chi connectivity index (χ4n) is 1.01. The summed E-state index contributed by atoms with van der Waals surface area (Å²) in [4.78, 5) is 0. The number of allylic oxidation sites excluding steroid dienone is 1. The molecule has 12 heavy (non-hydrogen) atoms. The highest BCUT2D eigenvalue weighted by molar-refractivity contribution is 5.54. The van der Waals surface area contributed by atoms with Crippen molar-refractivity contribution < 1.29 is 9.84 Å². The Balaban J connectivity index is 3.06. The van der Waals surface area contributed by atoms with E-state index in [0.29, 0.717) is 5.75 Å². The Morgan fingerprint density at radius 3 is 2.67 bits per heavy atom. The Hall–Kier alpha value is -1.44. The van der Waals surface area contributed by atoms with E-state index in [0.717, 1.165) is 5.56 Å². The molecule has 0 spiro atoms. The Labute approximate surface area is 72.1 Å². The number of hydrogen-bond donors (Lipinski definition) is 1. The normalized spacial score (nSPS) is 10.5. The molecule has 0 unspecified atom stereocenters. The summed E-state index contributed by atoms with van der Waals surface area (Å²) in [6, 6.07) is 5.12. The number of methoxy groups -OCH3 is 1. The number of rotatable bonds is 2. The molecule has 0 radical (unpaired) electrons. The van der Waals surface area contributed by atoms with Gasteiger partial charge in [-0.3, -0.25) is 0 Å². The van der Waals surface area contributed by atoms with E-state index in [1.807, 2.05) is 25.1 Å². The zero-order chi connectivity index (χ0) is 8.97. The Bertz CT molecular complexity index is 290. The molecule has 2 heteroatoms. The van der Waals surface area contributed by atoms with Crippen molar-refractivity contribution >= 4 is 6.08 Å². The minimum absolute atomic E-state index is 0.224. The van der Waals surface area contributed by atoms with Crippen LogP contribution in [0.1, 0.15) is 12.5 Å². The fourth-order valence-corrected chi connectivity index (χ4v) is 1.01. The lowest BCUT2D eigenvalue weighted by Crippen LogP contribution is -1.82. The van der Waals surface area contributed by atoms with Crippen molar-refractivity contribution in [1.29, 1.82) is 0 Å². The van der Waals surface area contributed by atoms with Gasteiger partial charge in [-0.2, -0.15) is 0 Å². The molecule has 0 bridgehead atoms. The molecule has 0 aliphatic heterocycles. The van der Waals surface area contributed by atoms with Crippen molar-refractivity contribution in [2.24, 2.45) is 0 Å². The third kappa shape index (κ3) is 2.02. The lowest BCUT2D eigenvalue weighted by molar-refractivity contribution is 0.407. The molecule has 64 valence electrons. The maximum atomic E-state index is 9.24. The Kier molecular flexibility index (Phi) is 2.75. The van der Waals surface area contributed by atoms with Crippen LogP contribution in [0.15, 0.2) is 24.3 Å². The second kappa shape index (κ2) is 3.81. The second-order valence-electron chi connectivity index (χ2n) is 2.46. The summed E-state index contributed by atoms with van der Waals surface area (Å²) in [7, 11) is 1.58. The van der Waals surface area contributed by atoms with Crippen molar-refractivity contribution in [3.8, 4) is 11.5 Å². The van der Waals surface area contributed by atoms with Gasteiger partial charge in [0.25, 0.3) is 0 Å². The first-order valence-electron chi connectivity index (χ1n) is 3.77. The van der Waals surface area contributed by atoms with E-state index >= 15 is 0 Å². The third-order valence-electron chi connectivity index (χ3n) is 1.51. The molecule has 0 heterocycles. The number of benzene rings is 1. The molecule has 0 aromatic heterocycles.